The van der Waals surface area contributed by atoms with E-state index in [-0.39, 0.29) is 0 Å². The summed E-state index contributed by atoms with van der Waals surface area (Å²) in [6.45, 7) is 8.62. The predicted octanol–water partition coefficient (Wildman–Crippen LogP) is 3.52. The van der Waals surface area contributed by atoms with Crippen LogP contribution in [0.1, 0.15) is 33.0 Å². The van der Waals surface area contributed by atoms with Gasteiger partial charge < -0.3 is 19.8 Å². The zero-order valence-electron chi connectivity index (χ0n) is 15.7. The lowest BCUT2D eigenvalue weighted by Gasteiger charge is -2.22. The van der Waals surface area contributed by atoms with Crippen molar-refractivity contribution in [2.24, 2.45) is 5.92 Å². The lowest BCUT2D eigenvalue weighted by Crippen LogP contribution is -2.26. The van der Waals surface area contributed by atoms with E-state index >= 15 is 0 Å². The van der Waals surface area contributed by atoms with Gasteiger partial charge in [-0.15, -0.1) is 0 Å². The van der Waals surface area contributed by atoms with Crippen molar-refractivity contribution in [2.75, 3.05) is 18.9 Å². The highest BCUT2D eigenvalue weighted by Gasteiger charge is 2.31. The molecule has 2 N–H and O–H groups in total. The van der Waals surface area contributed by atoms with Crippen LogP contribution in [0.25, 0.3) is 21.9 Å². The maximum absolute atomic E-state index is 6.24. The maximum Gasteiger partial charge on any atom is 0.166 e. The van der Waals surface area contributed by atoms with E-state index in [2.05, 4.69) is 29.5 Å². The maximum atomic E-state index is 6.24. The van der Waals surface area contributed by atoms with Crippen LogP contribution in [0.2, 0.25) is 0 Å². The molecule has 4 rings (SSSR count). The van der Waals surface area contributed by atoms with E-state index in [1.807, 2.05) is 25.1 Å². The van der Waals surface area contributed by atoms with Crippen LogP contribution < -0.4 is 5.73 Å². The van der Waals surface area contributed by atoms with Gasteiger partial charge in [0.05, 0.1) is 24.2 Å². The van der Waals surface area contributed by atoms with Crippen LogP contribution in [0.5, 0.6) is 0 Å². The number of pyridine rings is 1. The monoisotopic (exact) mass is 354 g/mol. The first-order valence-electron chi connectivity index (χ1n) is 9.28. The van der Waals surface area contributed by atoms with Gasteiger partial charge in [0.2, 0.25) is 0 Å². The summed E-state index contributed by atoms with van der Waals surface area (Å²) in [5, 5.41) is 1.09. The minimum absolute atomic E-state index is 0.488. The Bertz CT molecular complexity index is 942. The molecular formula is C20H26N4O2. The van der Waals surface area contributed by atoms with Gasteiger partial charge in [-0.1, -0.05) is 32.0 Å². The normalized spacial score (nSPS) is 16.9. The molecule has 1 aliphatic heterocycles. The first-order valence-corrected chi connectivity index (χ1v) is 9.28. The van der Waals surface area contributed by atoms with Crippen molar-refractivity contribution in [1.29, 1.82) is 0 Å². The Morgan fingerprint density at radius 1 is 1.19 bits per heavy atom. The van der Waals surface area contributed by atoms with Gasteiger partial charge in [-0.2, -0.15) is 0 Å². The summed E-state index contributed by atoms with van der Waals surface area (Å²) in [5.41, 5.74) is 9.02. The van der Waals surface area contributed by atoms with Gasteiger partial charge in [-0.05, 0) is 18.9 Å². The van der Waals surface area contributed by atoms with Gasteiger partial charge in [-0.25, -0.2) is 9.97 Å². The summed E-state index contributed by atoms with van der Waals surface area (Å²) >= 11 is 0. The molecule has 6 nitrogen and oxygen atoms in total. The summed E-state index contributed by atoms with van der Waals surface area (Å²) in [6, 6.07) is 8.11. The van der Waals surface area contributed by atoms with E-state index in [1.165, 1.54) is 0 Å². The van der Waals surface area contributed by atoms with Crippen LogP contribution >= 0.6 is 0 Å². The van der Waals surface area contributed by atoms with Crippen molar-refractivity contribution in [3.63, 3.8) is 0 Å². The number of hydrogen-bond donors (Lipinski definition) is 1. The van der Waals surface area contributed by atoms with E-state index in [0.29, 0.717) is 24.9 Å². The van der Waals surface area contributed by atoms with Crippen LogP contribution in [0.3, 0.4) is 0 Å². The van der Waals surface area contributed by atoms with Gasteiger partial charge >= 0.3 is 0 Å². The topological polar surface area (TPSA) is 75.2 Å². The fraction of sp³-hybridized carbons (Fsp3) is 0.500. The summed E-state index contributed by atoms with van der Waals surface area (Å²) in [6.07, 6.45) is 1.53. The number of fused-ring (bicyclic) bond motifs is 3. The largest absolute Gasteiger partial charge is 0.382 e. The summed E-state index contributed by atoms with van der Waals surface area (Å²) in [4.78, 5) is 9.41. The van der Waals surface area contributed by atoms with E-state index in [4.69, 9.17) is 20.2 Å². The van der Waals surface area contributed by atoms with Gasteiger partial charge in [0, 0.05) is 24.8 Å². The molecule has 0 radical (unpaired) electrons. The lowest BCUT2D eigenvalue weighted by atomic mass is 10.1. The molecule has 0 unspecified atom stereocenters. The highest BCUT2D eigenvalue weighted by atomic mass is 16.7. The highest BCUT2D eigenvalue weighted by Crippen LogP contribution is 2.31. The van der Waals surface area contributed by atoms with Crippen molar-refractivity contribution in [3.05, 3.63) is 30.1 Å². The molecule has 3 heterocycles. The molecule has 26 heavy (non-hydrogen) atoms. The van der Waals surface area contributed by atoms with Crippen LogP contribution in [-0.2, 0) is 22.4 Å². The van der Waals surface area contributed by atoms with E-state index in [0.717, 1.165) is 47.1 Å². The first kappa shape index (κ1) is 17.2. The number of ether oxygens (including phenoxy) is 2. The predicted molar refractivity (Wildman–Crippen MR) is 103 cm³/mol. The molecule has 1 aromatic carbocycles. The second kappa shape index (κ2) is 6.52. The summed E-state index contributed by atoms with van der Waals surface area (Å²) < 4.78 is 13.8. The second-order valence-corrected chi connectivity index (χ2v) is 7.57. The third-order valence-electron chi connectivity index (χ3n) is 4.94. The van der Waals surface area contributed by atoms with Crippen molar-refractivity contribution in [1.82, 2.24) is 14.5 Å². The molecule has 1 fully saturated rings. The number of nitrogens with zero attached hydrogens (tertiary/aromatic N) is 3. The number of rotatable bonds is 5. The summed E-state index contributed by atoms with van der Waals surface area (Å²) in [7, 11) is 0. The quantitative estimate of drug-likeness (QED) is 0.759. The number of nitrogens with two attached hydrogens (primary N) is 1. The number of aryl methyl sites for hydroxylation is 1. The number of hydrogen-bond acceptors (Lipinski definition) is 5. The molecule has 0 aliphatic carbocycles. The standard InChI is InChI=1S/C20H26N4O2/c1-13(2)12-24-16(8-9-20(3)25-10-11-26-20)23-17-18(24)14-6-4-5-7-15(14)22-19(17)21/h4-7,13H,8-12H2,1-3H3,(H2,21,22). The van der Waals surface area contributed by atoms with E-state index in [9.17, 15) is 0 Å². The van der Waals surface area contributed by atoms with Gasteiger partial charge in [0.25, 0.3) is 0 Å². The van der Waals surface area contributed by atoms with E-state index in [1.54, 1.807) is 0 Å². The molecule has 0 saturated carbocycles. The van der Waals surface area contributed by atoms with Crippen molar-refractivity contribution < 1.29 is 9.47 Å². The zero-order valence-corrected chi connectivity index (χ0v) is 15.7. The third-order valence-corrected chi connectivity index (χ3v) is 4.94. The number of para-hydroxylation sites is 1. The zero-order chi connectivity index (χ0) is 18.3. The highest BCUT2D eigenvalue weighted by molar-refractivity contribution is 6.06. The average molecular weight is 354 g/mol. The minimum Gasteiger partial charge on any atom is -0.382 e. The Balaban J connectivity index is 1.83. The molecule has 0 spiro atoms. The number of aromatic nitrogens is 3. The molecule has 0 atom stereocenters. The lowest BCUT2D eigenvalue weighted by molar-refractivity contribution is -0.146. The Morgan fingerprint density at radius 2 is 1.92 bits per heavy atom. The third kappa shape index (κ3) is 3.04. The number of benzene rings is 1. The van der Waals surface area contributed by atoms with Gasteiger partial charge in [0.15, 0.2) is 11.6 Å². The van der Waals surface area contributed by atoms with Gasteiger partial charge in [0.1, 0.15) is 11.3 Å². The summed E-state index contributed by atoms with van der Waals surface area (Å²) in [5.74, 6) is 1.47. The number of nitrogen functional groups attached to an aromatic ring is 1. The molecule has 6 heteroatoms. The van der Waals surface area contributed by atoms with Crippen molar-refractivity contribution in [2.45, 2.75) is 45.9 Å². The number of anilines is 1. The Hall–Kier alpha value is -2.18. The van der Waals surface area contributed by atoms with Crippen molar-refractivity contribution >= 4 is 27.8 Å². The van der Waals surface area contributed by atoms with Crippen LogP contribution in [-0.4, -0.2) is 33.5 Å². The smallest absolute Gasteiger partial charge is 0.166 e. The van der Waals surface area contributed by atoms with Gasteiger partial charge in [-0.3, -0.25) is 0 Å². The molecule has 0 amide bonds. The molecule has 0 bridgehead atoms. The fourth-order valence-electron chi connectivity index (χ4n) is 3.70. The Morgan fingerprint density at radius 3 is 2.65 bits per heavy atom. The molecular weight excluding hydrogens is 328 g/mol. The van der Waals surface area contributed by atoms with E-state index < -0.39 is 5.79 Å². The fourth-order valence-corrected chi connectivity index (χ4v) is 3.70. The van der Waals surface area contributed by atoms with Crippen LogP contribution in [0.4, 0.5) is 5.82 Å². The van der Waals surface area contributed by atoms with Crippen molar-refractivity contribution in [3.8, 4) is 0 Å². The Kier molecular flexibility index (Phi) is 4.32. The average Bonchev–Trinajstić information content (AvgIpc) is 3.18. The molecule has 3 aromatic rings. The minimum atomic E-state index is -0.521. The SMILES string of the molecule is CC(C)Cn1c(CCC2(C)OCCO2)nc2c(N)nc3ccccc3c21. The molecule has 1 aliphatic rings. The van der Waals surface area contributed by atoms with Crippen LogP contribution in [0.15, 0.2) is 24.3 Å². The van der Waals surface area contributed by atoms with Crippen LogP contribution in [0, 0.1) is 5.92 Å². The molecule has 138 valence electrons. The first-order chi connectivity index (χ1) is 12.5. The molecule has 2 aromatic heterocycles. The Labute approximate surface area is 153 Å². The number of imidazole rings is 1. The molecule has 1 saturated heterocycles. The second-order valence-electron chi connectivity index (χ2n) is 7.57.